The number of rotatable bonds is 3. The Morgan fingerprint density at radius 2 is 1.77 bits per heavy atom. The summed E-state index contributed by atoms with van der Waals surface area (Å²) in [7, 11) is 0. The van der Waals surface area contributed by atoms with Crippen molar-refractivity contribution in [1.29, 1.82) is 0 Å². The smallest absolute Gasteiger partial charge is 0.475 e. The summed E-state index contributed by atoms with van der Waals surface area (Å²) in [6, 6.07) is 1.84. The van der Waals surface area contributed by atoms with Gasteiger partial charge < -0.3 is 19.6 Å². The maximum absolute atomic E-state index is 12.5. The highest BCUT2D eigenvalue weighted by atomic mass is 19.4. The Hall–Kier alpha value is -2.43. The summed E-state index contributed by atoms with van der Waals surface area (Å²) in [5.74, 6) is -0.316. The molecular formula is C19H25F3N4O4. The highest BCUT2D eigenvalue weighted by molar-refractivity contribution is 5.76. The van der Waals surface area contributed by atoms with Crippen LogP contribution in [0.25, 0.3) is 0 Å². The molecule has 11 heteroatoms. The third-order valence-electron chi connectivity index (χ3n) is 5.73. The highest BCUT2D eigenvalue weighted by Gasteiger charge is 2.42. The van der Waals surface area contributed by atoms with E-state index in [-0.39, 0.29) is 0 Å². The van der Waals surface area contributed by atoms with Crippen LogP contribution in [0.2, 0.25) is 0 Å². The molecular weight excluding hydrogens is 405 g/mol. The molecule has 3 fully saturated rings. The van der Waals surface area contributed by atoms with Crippen LogP contribution in [0, 0.1) is 17.8 Å². The Morgan fingerprint density at radius 1 is 1.13 bits per heavy atom. The van der Waals surface area contributed by atoms with E-state index in [1.165, 1.54) is 0 Å². The third-order valence-corrected chi connectivity index (χ3v) is 5.73. The number of fused-ring (bicyclic) bond motifs is 1. The standard InChI is InChI=1S/C17H24N4O2.C2HF3O2/c22-16(20-6-1-2-7-20)8-13-11-23-12-14-9-21(10-15(13)14)17-18-4-3-5-19-17;3-2(4,5)1(6)7/h3-5,13-15H,1-2,6-12H2;(H,6,7)/t13-,14-,15+;/m1./s1. The number of aromatic nitrogens is 2. The van der Waals surface area contributed by atoms with Crippen molar-refractivity contribution in [3.8, 4) is 0 Å². The Kier molecular flexibility index (Phi) is 7.11. The van der Waals surface area contributed by atoms with E-state index in [9.17, 15) is 18.0 Å². The monoisotopic (exact) mass is 430 g/mol. The lowest BCUT2D eigenvalue weighted by molar-refractivity contribution is -0.192. The Bertz CT molecular complexity index is 728. The number of anilines is 1. The van der Waals surface area contributed by atoms with Gasteiger partial charge in [-0.15, -0.1) is 0 Å². The lowest BCUT2D eigenvalue weighted by atomic mass is 9.81. The molecule has 1 amide bonds. The van der Waals surface area contributed by atoms with Crippen LogP contribution in [0.5, 0.6) is 0 Å². The predicted molar refractivity (Wildman–Crippen MR) is 99.7 cm³/mol. The van der Waals surface area contributed by atoms with Crippen LogP contribution in [0.1, 0.15) is 19.3 Å². The van der Waals surface area contributed by atoms with Crippen molar-refractivity contribution < 1.29 is 32.6 Å². The molecule has 0 bridgehead atoms. The molecule has 1 aromatic heterocycles. The van der Waals surface area contributed by atoms with E-state index in [4.69, 9.17) is 14.6 Å². The van der Waals surface area contributed by atoms with E-state index in [0.717, 1.165) is 51.6 Å². The van der Waals surface area contributed by atoms with Gasteiger partial charge in [0.05, 0.1) is 13.2 Å². The molecule has 30 heavy (non-hydrogen) atoms. The summed E-state index contributed by atoms with van der Waals surface area (Å²) in [6.45, 7) is 5.25. The molecule has 0 saturated carbocycles. The molecule has 3 saturated heterocycles. The normalized spacial score (nSPS) is 26.0. The second kappa shape index (κ2) is 9.59. The number of alkyl halides is 3. The van der Waals surface area contributed by atoms with Crippen molar-refractivity contribution in [2.24, 2.45) is 17.8 Å². The largest absolute Gasteiger partial charge is 0.490 e. The Balaban J connectivity index is 0.000000318. The average Bonchev–Trinajstić information content (AvgIpc) is 3.39. The van der Waals surface area contributed by atoms with Crippen LogP contribution < -0.4 is 4.90 Å². The van der Waals surface area contributed by atoms with Gasteiger partial charge in [-0.05, 0) is 30.7 Å². The number of halogens is 3. The fourth-order valence-electron chi connectivity index (χ4n) is 4.25. The molecule has 8 nitrogen and oxygen atoms in total. The van der Waals surface area contributed by atoms with Crippen LogP contribution in [0.4, 0.5) is 19.1 Å². The van der Waals surface area contributed by atoms with Crippen molar-refractivity contribution >= 4 is 17.8 Å². The van der Waals surface area contributed by atoms with Crippen LogP contribution in [0.15, 0.2) is 18.5 Å². The van der Waals surface area contributed by atoms with Crippen molar-refractivity contribution in [1.82, 2.24) is 14.9 Å². The van der Waals surface area contributed by atoms with Gasteiger partial charge in [0, 0.05) is 50.9 Å². The summed E-state index contributed by atoms with van der Waals surface area (Å²) in [4.78, 5) is 34.4. The second-order valence-corrected chi connectivity index (χ2v) is 7.77. The molecule has 4 rings (SSSR count). The number of carbonyl (C=O) groups is 2. The predicted octanol–water partition coefficient (Wildman–Crippen LogP) is 1.82. The van der Waals surface area contributed by atoms with Gasteiger partial charge in [-0.2, -0.15) is 13.2 Å². The molecule has 166 valence electrons. The van der Waals surface area contributed by atoms with E-state index in [2.05, 4.69) is 14.9 Å². The zero-order chi connectivity index (χ0) is 21.7. The van der Waals surface area contributed by atoms with Gasteiger partial charge in [0.1, 0.15) is 0 Å². The van der Waals surface area contributed by atoms with E-state index >= 15 is 0 Å². The van der Waals surface area contributed by atoms with Crippen LogP contribution >= 0.6 is 0 Å². The number of carboxylic acids is 1. The fraction of sp³-hybridized carbons (Fsp3) is 0.684. The van der Waals surface area contributed by atoms with E-state index in [0.29, 0.717) is 36.7 Å². The van der Waals surface area contributed by atoms with E-state index in [1.54, 1.807) is 12.4 Å². The number of aliphatic carboxylic acids is 1. The van der Waals surface area contributed by atoms with Crippen molar-refractivity contribution in [2.45, 2.75) is 25.4 Å². The van der Waals surface area contributed by atoms with E-state index in [1.807, 2.05) is 11.0 Å². The minimum atomic E-state index is -5.08. The summed E-state index contributed by atoms with van der Waals surface area (Å²) in [6.07, 6.45) is 1.42. The number of hydrogen-bond acceptors (Lipinski definition) is 6. The van der Waals surface area contributed by atoms with Crippen LogP contribution in [-0.4, -0.2) is 77.4 Å². The maximum atomic E-state index is 12.5. The first-order chi connectivity index (χ1) is 14.3. The number of carboxylic acid groups (broad SMARTS) is 1. The number of nitrogens with zero attached hydrogens (tertiary/aromatic N) is 4. The highest BCUT2D eigenvalue weighted by Crippen LogP contribution is 2.37. The van der Waals surface area contributed by atoms with E-state index < -0.39 is 12.1 Å². The lowest BCUT2D eigenvalue weighted by Crippen LogP contribution is -2.39. The Labute approximate surface area is 172 Å². The van der Waals surface area contributed by atoms with Crippen LogP contribution in [0.3, 0.4) is 0 Å². The average molecular weight is 430 g/mol. The van der Waals surface area contributed by atoms with Gasteiger partial charge in [0.15, 0.2) is 0 Å². The molecule has 0 radical (unpaired) electrons. The lowest BCUT2D eigenvalue weighted by Gasteiger charge is -2.33. The number of likely N-dealkylation sites (tertiary alicyclic amines) is 1. The molecule has 1 aromatic rings. The number of ether oxygens (including phenoxy) is 1. The molecule has 0 aliphatic carbocycles. The number of carbonyl (C=O) groups excluding carboxylic acids is 1. The SMILES string of the molecule is O=C(C[C@@H]1COC[C@H]2CN(c3ncccn3)C[C@@H]12)N1CCCC1.O=C(O)C(F)(F)F. The molecule has 0 unspecified atom stereocenters. The molecule has 3 aliphatic rings. The summed E-state index contributed by atoms with van der Waals surface area (Å²) in [5, 5.41) is 7.12. The minimum Gasteiger partial charge on any atom is -0.475 e. The minimum absolute atomic E-state index is 0.311. The first-order valence-electron chi connectivity index (χ1n) is 9.93. The maximum Gasteiger partial charge on any atom is 0.490 e. The summed E-state index contributed by atoms with van der Waals surface area (Å²) >= 11 is 0. The summed E-state index contributed by atoms with van der Waals surface area (Å²) in [5.41, 5.74) is 0. The first-order valence-corrected chi connectivity index (χ1v) is 9.93. The zero-order valence-corrected chi connectivity index (χ0v) is 16.4. The Morgan fingerprint density at radius 3 is 2.37 bits per heavy atom. The van der Waals surface area contributed by atoms with Gasteiger partial charge in [0.25, 0.3) is 0 Å². The topological polar surface area (TPSA) is 95.9 Å². The van der Waals surface area contributed by atoms with Crippen molar-refractivity contribution in [2.75, 3.05) is 44.3 Å². The van der Waals surface area contributed by atoms with Gasteiger partial charge in [-0.25, -0.2) is 14.8 Å². The summed E-state index contributed by atoms with van der Waals surface area (Å²) < 4.78 is 37.5. The molecule has 3 atom stereocenters. The first kappa shape index (κ1) is 22.3. The number of hydrogen-bond donors (Lipinski definition) is 1. The van der Waals surface area contributed by atoms with Crippen molar-refractivity contribution in [3.63, 3.8) is 0 Å². The zero-order valence-electron chi connectivity index (χ0n) is 16.4. The second-order valence-electron chi connectivity index (χ2n) is 7.77. The van der Waals surface area contributed by atoms with Gasteiger partial charge in [-0.3, -0.25) is 4.79 Å². The molecule has 1 N–H and O–H groups in total. The van der Waals surface area contributed by atoms with Gasteiger partial charge in [0.2, 0.25) is 11.9 Å². The van der Waals surface area contributed by atoms with Crippen molar-refractivity contribution in [3.05, 3.63) is 18.5 Å². The third kappa shape index (κ3) is 5.59. The molecule has 0 aromatic carbocycles. The molecule has 4 heterocycles. The van der Waals surface area contributed by atoms with Gasteiger partial charge >= 0.3 is 12.1 Å². The quantitative estimate of drug-likeness (QED) is 0.782. The van der Waals surface area contributed by atoms with Crippen LogP contribution in [-0.2, 0) is 14.3 Å². The fourth-order valence-corrected chi connectivity index (χ4v) is 4.25. The number of amides is 1. The molecule has 3 aliphatic heterocycles. The molecule has 0 spiro atoms. The van der Waals surface area contributed by atoms with Gasteiger partial charge in [-0.1, -0.05) is 0 Å².